The molecule has 2 aliphatic heterocycles. The number of carbonyl (C=O) groups is 2. The number of thiazole rings is 1. The third kappa shape index (κ3) is 9.44. The minimum absolute atomic E-state index is 0.204. The minimum Gasteiger partial charge on any atom is -0.368 e. The van der Waals surface area contributed by atoms with E-state index >= 15 is 0 Å². The van der Waals surface area contributed by atoms with Gasteiger partial charge in [0.1, 0.15) is 22.3 Å². The monoisotopic (exact) mass is 797 g/mol. The van der Waals surface area contributed by atoms with Crippen molar-refractivity contribution in [1.82, 2.24) is 34.3 Å². The van der Waals surface area contributed by atoms with Gasteiger partial charge in [-0.25, -0.2) is 19.7 Å². The van der Waals surface area contributed by atoms with Gasteiger partial charge in [-0.1, -0.05) is 35.1 Å². The molecule has 0 saturated carbocycles. The highest BCUT2D eigenvalue weighted by Crippen LogP contribution is 2.29. The molecule has 2 fully saturated rings. The van der Waals surface area contributed by atoms with Crippen LogP contribution in [0.4, 0.5) is 28.1 Å². The van der Waals surface area contributed by atoms with Gasteiger partial charge >= 0.3 is 5.69 Å². The van der Waals surface area contributed by atoms with E-state index in [4.69, 9.17) is 16.6 Å². The fourth-order valence-electron chi connectivity index (χ4n) is 6.92. The fraction of sp³-hybridized carbons (Fsp3) is 0.359. The highest BCUT2D eigenvalue weighted by Gasteiger charge is 2.23. The van der Waals surface area contributed by atoms with Crippen molar-refractivity contribution in [3.63, 3.8) is 0 Å². The van der Waals surface area contributed by atoms with Crippen LogP contribution < -0.4 is 31.7 Å². The first-order chi connectivity index (χ1) is 27.1. The quantitative estimate of drug-likeness (QED) is 0.150. The lowest BCUT2D eigenvalue weighted by atomic mass is 10.1. The molecule has 0 aliphatic carbocycles. The number of hydrogen-bond donors (Lipinski definition) is 3. The number of aromatic nitrogens is 5. The molecule has 0 radical (unpaired) electrons. The Morgan fingerprint density at radius 3 is 2.34 bits per heavy atom. The number of rotatable bonds is 12. The molecule has 7 rings (SSSR count). The number of nitrogens with one attached hydrogen (secondary N) is 3. The predicted octanol–water partition coefficient (Wildman–Crippen LogP) is 4.68. The molecular weight excluding hydrogens is 754 g/mol. The molecule has 17 heteroatoms. The normalized spacial score (nSPS) is 14.9. The number of H-pyrrole nitrogens is 1. The molecule has 292 valence electrons. The van der Waals surface area contributed by atoms with Gasteiger partial charge < -0.3 is 25.3 Å². The number of unbranched alkanes of at least 4 members (excludes halogenated alkanes) is 1. The standard InChI is InChI=1S/C39H44ClN11O4S/c1-26-6-5-7-30(40)36(26)46-37(54)31-25-41-38(56-31)44-32-24-33(43-27(2)42-32)49-18-16-47(17-19-49)14-4-3-8-35(53)50-22-20-48(21-23-50)28-9-11-29(12-10-28)51-15-13-34(52)45-39(51)55/h5-7,9-13,15,24-25H,3-4,8,14,16-23H2,1-2H3,(H,46,54)(H,45,52,55)(H,41,42,43,44). The van der Waals surface area contributed by atoms with Gasteiger partial charge in [-0.2, -0.15) is 0 Å². The Kier molecular flexibility index (Phi) is 12.1. The first kappa shape index (κ1) is 38.7. The van der Waals surface area contributed by atoms with Crippen LogP contribution in [0.25, 0.3) is 5.69 Å². The van der Waals surface area contributed by atoms with Gasteiger partial charge in [0, 0.05) is 82.8 Å². The Labute approximate surface area is 333 Å². The molecule has 15 nitrogen and oxygen atoms in total. The summed E-state index contributed by atoms with van der Waals surface area (Å²) in [6.07, 6.45) is 5.36. The second-order valence-corrected chi connectivity index (χ2v) is 15.3. The minimum atomic E-state index is -0.475. The molecule has 3 aromatic heterocycles. The Bertz CT molecular complexity index is 2280. The van der Waals surface area contributed by atoms with Crippen molar-refractivity contribution < 1.29 is 9.59 Å². The predicted molar refractivity (Wildman–Crippen MR) is 220 cm³/mol. The average molecular weight is 798 g/mol. The molecule has 2 amide bonds. The van der Waals surface area contributed by atoms with Gasteiger partial charge in [-0.3, -0.25) is 28.8 Å². The van der Waals surface area contributed by atoms with Crippen molar-refractivity contribution >= 4 is 62.9 Å². The van der Waals surface area contributed by atoms with Gasteiger partial charge in [-0.15, -0.1) is 0 Å². The highest BCUT2D eigenvalue weighted by molar-refractivity contribution is 7.17. The maximum Gasteiger partial charge on any atom is 0.332 e. The summed E-state index contributed by atoms with van der Waals surface area (Å²) in [5, 5.41) is 7.16. The van der Waals surface area contributed by atoms with Crippen molar-refractivity contribution in [3.8, 4) is 5.69 Å². The molecule has 5 heterocycles. The number of amides is 2. The topological polar surface area (TPSA) is 165 Å². The van der Waals surface area contributed by atoms with E-state index in [1.54, 1.807) is 6.07 Å². The van der Waals surface area contributed by atoms with Gasteiger partial charge in [0.05, 0.1) is 22.6 Å². The highest BCUT2D eigenvalue weighted by atomic mass is 35.5. The van der Waals surface area contributed by atoms with E-state index in [0.717, 1.165) is 75.7 Å². The third-order valence-electron chi connectivity index (χ3n) is 10.0. The fourth-order valence-corrected chi connectivity index (χ4v) is 7.91. The Hall–Kier alpha value is -5.58. The molecular formula is C39H44ClN11O4S. The number of benzene rings is 2. The number of halogens is 1. The van der Waals surface area contributed by atoms with Crippen molar-refractivity contribution in [2.24, 2.45) is 0 Å². The Morgan fingerprint density at radius 2 is 1.61 bits per heavy atom. The van der Waals surface area contributed by atoms with E-state index in [1.165, 1.54) is 34.4 Å². The Balaban J connectivity index is 0.814. The van der Waals surface area contributed by atoms with E-state index in [9.17, 15) is 19.2 Å². The van der Waals surface area contributed by atoms with Crippen LogP contribution in [0, 0.1) is 13.8 Å². The van der Waals surface area contributed by atoms with Crippen molar-refractivity contribution in [2.45, 2.75) is 33.1 Å². The van der Waals surface area contributed by atoms with Crippen LogP contribution in [-0.2, 0) is 4.79 Å². The zero-order valence-electron chi connectivity index (χ0n) is 31.3. The van der Waals surface area contributed by atoms with Crippen LogP contribution in [0.3, 0.4) is 0 Å². The molecule has 2 aliphatic rings. The van der Waals surface area contributed by atoms with Crippen LogP contribution in [-0.4, -0.2) is 105 Å². The van der Waals surface area contributed by atoms with Crippen LogP contribution in [0.2, 0.25) is 5.02 Å². The van der Waals surface area contributed by atoms with Crippen LogP contribution >= 0.6 is 22.9 Å². The average Bonchev–Trinajstić information content (AvgIpc) is 3.66. The van der Waals surface area contributed by atoms with Crippen LogP contribution in [0.15, 0.2) is 76.6 Å². The van der Waals surface area contributed by atoms with Crippen LogP contribution in [0.5, 0.6) is 0 Å². The summed E-state index contributed by atoms with van der Waals surface area (Å²) in [6.45, 7) is 11.0. The first-order valence-electron chi connectivity index (χ1n) is 18.7. The lowest BCUT2D eigenvalue weighted by Crippen LogP contribution is -2.48. The largest absolute Gasteiger partial charge is 0.368 e. The number of aryl methyl sites for hydroxylation is 2. The van der Waals surface area contributed by atoms with E-state index < -0.39 is 11.2 Å². The maximum absolute atomic E-state index is 13.0. The summed E-state index contributed by atoms with van der Waals surface area (Å²) in [4.78, 5) is 74.7. The third-order valence-corrected chi connectivity index (χ3v) is 11.2. The second kappa shape index (κ2) is 17.5. The molecule has 2 aromatic carbocycles. The molecule has 3 N–H and O–H groups in total. The molecule has 5 aromatic rings. The molecule has 2 saturated heterocycles. The number of aromatic amines is 1. The van der Waals surface area contributed by atoms with Crippen molar-refractivity contribution in [1.29, 1.82) is 0 Å². The SMILES string of the molecule is Cc1nc(Nc2ncc(C(=O)Nc3c(C)cccc3Cl)s2)cc(N2CCN(CCCCC(=O)N3CCN(c4ccc(-n5ccc(=O)[nH]c5=O)cc4)CC3)CC2)n1. The number of para-hydroxylation sites is 1. The number of carbonyl (C=O) groups excluding carboxylic acids is 2. The van der Waals surface area contributed by atoms with E-state index in [0.29, 0.717) is 57.6 Å². The lowest BCUT2D eigenvalue weighted by Gasteiger charge is -2.36. The number of nitrogens with zero attached hydrogens (tertiary/aromatic N) is 8. The van der Waals surface area contributed by atoms with Crippen LogP contribution in [0.1, 0.15) is 40.3 Å². The van der Waals surface area contributed by atoms with Gasteiger partial charge in [-0.05, 0) is 69.1 Å². The first-order valence-corrected chi connectivity index (χ1v) is 19.9. The molecule has 0 spiro atoms. The number of piperazine rings is 2. The number of anilines is 5. The smallest absolute Gasteiger partial charge is 0.332 e. The van der Waals surface area contributed by atoms with E-state index in [2.05, 4.69) is 40.3 Å². The molecule has 0 atom stereocenters. The summed E-state index contributed by atoms with van der Waals surface area (Å²) >= 11 is 7.52. The summed E-state index contributed by atoms with van der Waals surface area (Å²) in [5.74, 6) is 2.02. The molecule has 0 unspecified atom stereocenters. The summed E-state index contributed by atoms with van der Waals surface area (Å²) in [5.41, 5.74) is 2.27. The summed E-state index contributed by atoms with van der Waals surface area (Å²) in [6, 6.07) is 16.3. The lowest BCUT2D eigenvalue weighted by molar-refractivity contribution is -0.131. The summed E-state index contributed by atoms with van der Waals surface area (Å²) < 4.78 is 1.40. The molecule has 0 bridgehead atoms. The van der Waals surface area contributed by atoms with E-state index in [1.807, 2.05) is 61.2 Å². The van der Waals surface area contributed by atoms with Crippen molar-refractivity contribution in [3.05, 3.63) is 109 Å². The van der Waals surface area contributed by atoms with Gasteiger partial charge in [0.15, 0.2) is 5.13 Å². The van der Waals surface area contributed by atoms with Crippen molar-refractivity contribution in [2.75, 3.05) is 79.3 Å². The van der Waals surface area contributed by atoms with Gasteiger partial charge in [0.2, 0.25) is 5.91 Å². The second-order valence-electron chi connectivity index (χ2n) is 13.8. The van der Waals surface area contributed by atoms with Gasteiger partial charge in [0.25, 0.3) is 11.5 Å². The Morgan fingerprint density at radius 1 is 0.875 bits per heavy atom. The molecule has 56 heavy (non-hydrogen) atoms. The summed E-state index contributed by atoms with van der Waals surface area (Å²) in [7, 11) is 0. The zero-order chi connectivity index (χ0) is 39.2. The number of hydrogen-bond acceptors (Lipinski definition) is 12. The maximum atomic E-state index is 13.0. The van der Waals surface area contributed by atoms with E-state index in [-0.39, 0.29) is 11.8 Å². The zero-order valence-corrected chi connectivity index (χ0v) is 32.9.